The molecule has 0 aromatic carbocycles. The van der Waals surface area contributed by atoms with E-state index in [1.165, 1.54) is 12.8 Å². The lowest BCUT2D eigenvalue weighted by Gasteiger charge is -2.61. The van der Waals surface area contributed by atoms with Gasteiger partial charge in [-0.25, -0.2) is 0 Å². The highest BCUT2D eigenvalue weighted by Crippen LogP contribution is 2.63. The molecule has 0 bridgehead atoms. The summed E-state index contributed by atoms with van der Waals surface area (Å²) in [4.78, 5) is 0. The van der Waals surface area contributed by atoms with E-state index in [-0.39, 0.29) is 0 Å². The van der Waals surface area contributed by atoms with Crippen molar-refractivity contribution in [2.75, 3.05) is 0 Å². The fourth-order valence-corrected chi connectivity index (χ4v) is 9.81. The Balaban J connectivity index is 1.48. The fraction of sp³-hybridized carbons (Fsp3) is 1.00. The molecule has 5 fully saturated rings. The van der Waals surface area contributed by atoms with Crippen LogP contribution in [0.4, 0.5) is 0 Å². The molecule has 5 saturated carbocycles. The minimum Gasteiger partial charge on any atom is -0.0625 e. The molecule has 28 heavy (non-hydrogen) atoms. The van der Waals surface area contributed by atoms with E-state index in [1.807, 2.05) is 0 Å². The van der Waals surface area contributed by atoms with E-state index < -0.39 is 0 Å². The van der Waals surface area contributed by atoms with Gasteiger partial charge in [-0.1, -0.05) is 90.9 Å². The molecule has 0 aliphatic heterocycles. The number of fused-ring (bicyclic) bond motifs is 2. The maximum Gasteiger partial charge on any atom is -0.0323 e. The third-order valence-electron chi connectivity index (χ3n) is 10.8. The first-order valence-corrected chi connectivity index (χ1v) is 13.7. The summed E-state index contributed by atoms with van der Waals surface area (Å²) in [6, 6.07) is 0. The van der Waals surface area contributed by atoms with Crippen LogP contribution >= 0.6 is 0 Å². The maximum atomic E-state index is 2.60. The van der Waals surface area contributed by atoms with Gasteiger partial charge in [0.2, 0.25) is 0 Å². The molecule has 0 heteroatoms. The predicted molar refractivity (Wildman–Crippen MR) is 120 cm³/mol. The lowest BCUT2D eigenvalue weighted by atomic mass is 9.44. The van der Waals surface area contributed by atoms with Gasteiger partial charge in [-0.05, 0) is 84.9 Å². The molecular weight excluding hydrogens is 336 g/mol. The molecule has 5 aliphatic carbocycles. The van der Waals surface area contributed by atoms with Crippen molar-refractivity contribution >= 4 is 0 Å². The van der Waals surface area contributed by atoms with Crippen LogP contribution < -0.4 is 0 Å². The highest BCUT2D eigenvalue weighted by molar-refractivity contribution is 5.04. The normalized spacial score (nSPS) is 48.6. The van der Waals surface area contributed by atoms with E-state index in [0.29, 0.717) is 0 Å². The maximum absolute atomic E-state index is 2.60. The topological polar surface area (TPSA) is 0 Å². The van der Waals surface area contributed by atoms with Crippen molar-refractivity contribution in [1.82, 2.24) is 0 Å². The molecule has 0 radical (unpaired) electrons. The predicted octanol–water partition coefficient (Wildman–Crippen LogP) is 8.50. The van der Waals surface area contributed by atoms with Crippen LogP contribution in [0.2, 0.25) is 0 Å². The Labute approximate surface area is 176 Å². The van der Waals surface area contributed by atoms with Crippen molar-refractivity contribution in [2.24, 2.45) is 59.2 Å². The van der Waals surface area contributed by atoms with Gasteiger partial charge in [0.15, 0.2) is 0 Å². The summed E-state index contributed by atoms with van der Waals surface area (Å²) in [7, 11) is 0. The zero-order chi connectivity index (χ0) is 19.1. The van der Waals surface area contributed by atoms with Gasteiger partial charge in [-0.3, -0.25) is 0 Å². The van der Waals surface area contributed by atoms with E-state index in [1.54, 1.807) is 89.9 Å². The largest absolute Gasteiger partial charge is 0.0625 e. The second kappa shape index (κ2) is 8.63. The van der Waals surface area contributed by atoms with Crippen molar-refractivity contribution in [2.45, 2.75) is 117 Å². The molecule has 0 amide bonds. The average molecular weight is 385 g/mol. The molecule has 5 aliphatic rings. The van der Waals surface area contributed by atoms with E-state index >= 15 is 0 Å². The van der Waals surface area contributed by atoms with Crippen molar-refractivity contribution in [1.29, 1.82) is 0 Å². The van der Waals surface area contributed by atoms with E-state index in [4.69, 9.17) is 0 Å². The van der Waals surface area contributed by atoms with Crippen LogP contribution in [-0.2, 0) is 0 Å². The second-order valence-electron chi connectivity index (χ2n) is 12.4. The van der Waals surface area contributed by atoms with E-state index in [2.05, 4.69) is 13.8 Å². The third kappa shape index (κ3) is 3.73. The van der Waals surface area contributed by atoms with Crippen LogP contribution in [0.5, 0.6) is 0 Å². The standard InChI is InChI=1S/C28H48/c1-19-13-15-23-25(17-19)27(21-9-5-3-6-10-21)24-16-14-20(2)18-26(24)28(23)22-11-7-4-8-12-22/h19-28H,3-18H2,1-2H3. The highest BCUT2D eigenvalue weighted by Gasteiger charge is 2.55. The van der Waals surface area contributed by atoms with Crippen molar-refractivity contribution < 1.29 is 0 Å². The molecule has 160 valence electrons. The molecule has 5 rings (SSSR count). The zero-order valence-electron chi connectivity index (χ0n) is 19.1. The van der Waals surface area contributed by atoms with Crippen LogP contribution in [0.3, 0.4) is 0 Å². The van der Waals surface area contributed by atoms with Crippen LogP contribution in [0.1, 0.15) is 117 Å². The van der Waals surface area contributed by atoms with Gasteiger partial charge in [0.1, 0.15) is 0 Å². The summed E-state index contributed by atoms with van der Waals surface area (Å²) < 4.78 is 0. The molecular formula is C28H48. The van der Waals surface area contributed by atoms with Gasteiger partial charge in [0.05, 0.1) is 0 Å². The number of hydrogen-bond acceptors (Lipinski definition) is 0. The first kappa shape index (κ1) is 19.9. The molecule has 8 unspecified atom stereocenters. The molecule has 0 heterocycles. The Kier molecular flexibility index (Phi) is 6.14. The van der Waals surface area contributed by atoms with E-state index in [0.717, 1.165) is 59.2 Å². The Hall–Kier alpha value is 0. The van der Waals surface area contributed by atoms with Crippen molar-refractivity contribution in [3.05, 3.63) is 0 Å². The van der Waals surface area contributed by atoms with Crippen LogP contribution in [0.25, 0.3) is 0 Å². The summed E-state index contributed by atoms with van der Waals surface area (Å²) in [5, 5.41) is 0. The van der Waals surface area contributed by atoms with Gasteiger partial charge >= 0.3 is 0 Å². The molecule has 0 spiro atoms. The first-order valence-electron chi connectivity index (χ1n) is 13.7. The van der Waals surface area contributed by atoms with Crippen molar-refractivity contribution in [3.8, 4) is 0 Å². The number of hydrogen-bond donors (Lipinski definition) is 0. The molecule has 0 saturated heterocycles. The molecule has 0 aromatic rings. The Morgan fingerprint density at radius 2 is 0.786 bits per heavy atom. The molecule has 0 aromatic heterocycles. The summed E-state index contributed by atoms with van der Waals surface area (Å²) in [5.41, 5.74) is 0. The van der Waals surface area contributed by atoms with Gasteiger partial charge < -0.3 is 0 Å². The Morgan fingerprint density at radius 3 is 1.18 bits per heavy atom. The summed E-state index contributed by atoms with van der Waals surface area (Å²) in [6.07, 6.45) is 25.2. The summed E-state index contributed by atoms with van der Waals surface area (Å²) >= 11 is 0. The van der Waals surface area contributed by atoms with Crippen LogP contribution in [0.15, 0.2) is 0 Å². The SMILES string of the molecule is CC1CCC2C(C1)C(C1CCCCC1)C1CCC(C)CC1C2C1CCCCC1. The average Bonchev–Trinajstić information content (AvgIpc) is 2.73. The lowest BCUT2D eigenvalue weighted by Crippen LogP contribution is -2.54. The molecule has 0 nitrogen and oxygen atoms in total. The van der Waals surface area contributed by atoms with Crippen molar-refractivity contribution in [3.63, 3.8) is 0 Å². The zero-order valence-corrected chi connectivity index (χ0v) is 19.1. The van der Waals surface area contributed by atoms with Gasteiger partial charge in [0.25, 0.3) is 0 Å². The first-order chi connectivity index (χ1) is 13.7. The highest BCUT2D eigenvalue weighted by atomic mass is 14.6. The third-order valence-corrected chi connectivity index (χ3v) is 10.8. The van der Waals surface area contributed by atoms with Crippen LogP contribution in [0, 0.1) is 59.2 Å². The van der Waals surface area contributed by atoms with Gasteiger partial charge in [0, 0.05) is 0 Å². The monoisotopic (exact) mass is 384 g/mol. The van der Waals surface area contributed by atoms with Gasteiger partial charge in [-0.15, -0.1) is 0 Å². The molecule has 8 atom stereocenters. The Bertz CT molecular complexity index is 450. The lowest BCUT2D eigenvalue weighted by molar-refractivity contribution is -0.124. The Morgan fingerprint density at radius 1 is 0.393 bits per heavy atom. The fourth-order valence-electron chi connectivity index (χ4n) is 9.81. The van der Waals surface area contributed by atoms with Crippen LogP contribution in [-0.4, -0.2) is 0 Å². The number of rotatable bonds is 2. The second-order valence-corrected chi connectivity index (χ2v) is 12.4. The smallest absolute Gasteiger partial charge is 0.0323 e. The molecule has 0 N–H and O–H groups in total. The summed E-state index contributed by atoms with van der Waals surface area (Å²) in [6.45, 7) is 5.19. The van der Waals surface area contributed by atoms with Gasteiger partial charge in [-0.2, -0.15) is 0 Å². The van der Waals surface area contributed by atoms with E-state index in [9.17, 15) is 0 Å². The quantitative estimate of drug-likeness (QED) is 0.447. The summed E-state index contributed by atoms with van der Waals surface area (Å²) in [5.74, 6) is 11.0. The minimum absolute atomic E-state index is 1.01. The minimum atomic E-state index is 1.01.